The van der Waals surface area contributed by atoms with Crippen LogP contribution in [0.4, 0.5) is 8.78 Å². The van der Waals surface area contributed by atoms with E-state index in [0.717, 1.165) is 37.7 Å². The Morgan fingerprint density at radius 3 is 2.44 bits per heavy atom. The molecular formula is C20H22F2N4O. The van der Waals surface area contributed by atoms with E-state index in [0.29, 0.717) is 23.7 Å². The smallest absolute Gasteiger partial charge is 0.274 e. The number of nitrogens with one attached hydrogen (secondary N) is 1. The number of aryl methyl sites for hydroxylation is 1. The molecular weight excluding hydrogens is 350 g/mol. The van der Waals surface area contributed by atoms with Crippen LogP contribution >= 0.6 is 0 Å². The van der Waals surface area contributed by atoms with Crippen LogP contribution in [0.5, 0.6) is 0 Å². The molecule has 5 nitrogen and oxygen atoms in total. The van der Waals surface area contributed by atoms with Crippen molar-refractivity contribution in [3.63, 3.8) is 0 Å². The third kappa shape index (κ3) is 2.67. The molecule has 7 heteroatoms. The summed E-state index contributed by atoms with van der Waals surface area (Å²) in [5.41, 5.74) is 1.89. The van der Waals surface area contributed by atoms with Crippen molar-refractivity contribution < 1.29 is 13.6 Å². The van der Waals surface area contributed by atoms with Crippen LogP contribution in [0.2, 0.25) is 0 Å². The zero-order chi connectivity index (χ0) is 18.7. The quantitative estimate of drug-likeness (QED) is 0.882. The first-order chi connectivity index (χ1) is 13.0. The molecule has 0 spiro atoms. The van der Waals surface area contributed by atoms with Gasteiger partial charge in [-0.15, -0.1) is 0 Å². The van der Waals surface area contributed by atoms with Gasteiger partial charge in [0.25, 0.3) is 5.91 Å². The van der Waals surface area contributed by atoms with Gasteiger partial charge in [0.15, 0.2) is 0 Å². The van der Waals surface area contributed by atoms with Crippen LogP contribution in [-0.2, 0) is 0 Å². The summed E-state index contributed by atoms with van der Waals surface area (Å²) in [4.78, 5) is 17.5. The number of benzene rings is 1. The van der Waals surface area contributed by atoms with Crippen LogP contribution in [0.15, 0.2) is 24.3 Å². The molecule has 3 unspecified atom stereocenters. The second-order valence-electron chi connectivity index (χ2n) is 8.06. The Hall–Kier alpha value is -2.28. The Morgan fingerprint density at radius 2 is 1.81 bits per heavy atom. The lowest BCUT2D eigenvalue weighted by Gasteiger charge is -2.51. The largest absolute Gasteiger partial charge is 0.332 e. The summed E-state index contributed by atoms with van der Waals surface area (Å²) in [6, 6.07) is 5.69. The number of nitrogens with zero attached hydrogens (tertiary/aromatic N) is 3. The van der Waals surface area contributed by atoms with Crippen molar-refractivity contribution in [2.75, 3.05) is 19.6 Å². The summed E-state index contributed by atoms with van der Waals surface area (Å²) in [5.74, 6) is -0.877. The maximum Gasteiger partial charge on any atom is 0.274 e. The molecule has 1 amide bonds. The van der Waals surface area contributed by atoms with Crippen molar-refractivity contribution in [1.82, 2.24) is 20.0 Å². The molecule has 2 bridgehead atoms. The van der Waals surface area contributed by atoms with Crippen LogP contribution in [0.1, 0.15) is 40.5 Å². The van der Waals surface area contributed by atoms with Gasteiger partial charge in [0, 0.05) is 30.3 Å². The number of aromatic amines is 1. The molecule has 5 heterocycles. The zero-order valence-electron chi connectivity index (χ0n) is 15.2. The Bertz CT molecular complexity index is 870. The molecule has 4 aliphatic heterocycles. The van der Waals surface area contributed by atoms with Crippen LogP contribution in [0.3, 0.4) is 0 Å². The van der Waals surface area contributed by atoms with Gasteiger partial charge in [0.05, 0.1) is 6.04 Å². The second-order valence-corrected chi connectivity index (χ2v) is 8.06. The summed E-state index contributed by atoms with van der Waals surface area (Å²) in [6.07, 6.45) is 2.13. The van der Waals surface area contributed by atoms with Crippen molar-refractivity contribution in [3.05, 3.63) is 52.9 Å². The Balaban J connectivity index is 1.54. The lowest BCUT2D eigenvalue weighted by atomic mass is 9.75. The number of hydrogen-bond donors (Lipinski definition) is 1. The van der Waals surface area contributed by atoms with Gasteiger partial charge in [-0.3, -0.25) is 14.8 Å². The highest BCUT2D eigenvalue weighted by atomic mass is 19.1. The fourth-order valence-electron chi connectivity index (χ4n) is 5.41. The van der Waals surface area contributed by atoms with E-state index in [4.69, 9.17) is 0 Å². The van der Waals surface area contributed by atoms with Gasteiger partial charge in [-0.1, -0.05) is 0 Å². The first kappa shape index (κ1) is 16.9. The molecule has 0 aliphatic carbocycles. The van der Waals surface area contributed by atoms with Gasteiger partial charge in [-0.25, -0.2) is 8.78 Å². The zero-order valence-corrected chi connectivity index (χ0v) is 15.2. The molecule has 2 aromatic rings. The van der Waals surface area contributed by atoms with E-state index in [1.165, 1.54) is 12.1 Å². The lowest BCUT2D eigenvalue weighted by Crippen LogP contribution is -2.60. The van der Waals surface area contributed by atoms with Crippen molar-refractivity contribution in [2.24, 2.45) is 5.92 Å². The fraction of sp³-hybridized carbons (Fsp3) is 0.500. The number of H-pyrrole nitrogens is 1. The number of likely N-dealkylation sites (tertiary alicyclic amines) is 1. The number of carbonyl (C=O) groups excluding carboxylic acids is 1. The molecule has 1 N–H and O–H groups in total. The molecule has 4 saturated heterocycles. The monoisotopic (exact) mass is 372 g/mol. The SMILES string of the molecule is Cc1cc(C(=O)N2CC(c3cc(F)cc(F)c3)C3C2C2CCN3CC2)n[nH]1. The molecule has 0 radical (unpaired) electrons. The van der Waals surface area contributed by atoms with E-state index in [2.05, 4.69) is 15.1 Å². The summed E-state index contributed by atoms with van der Waals surface area (Å²) in [5, 5.41) is 6.97. The van der Waals surface area contributed by atoms with Gasteiger partial charge in [-0.05, 0) is 62.5 Å². The number of rotatable bonds is 2. The maximum atomic E-state index is 13.9. The molecule has 4 fully saturated rings. The summed E-state index contributed by atoms with van der Waals surface area (Å²) in [6.45, 7) is 4.31. The van der Waals surface area contributed by atoms with Crippen molar-refractivity contribution in [1.29, 1.82) is 0 Å². The van der Waals surface area contributed by atoms with Gasteiger partial charge >= 0.3 is 0 Å². The number of piperidine rings is 3. The molecule has 3 atom stereocenters. The van der Waals surface area contributed by atoms with Crippen LogP contribution < -0.4 is 0 Å². The van der Waals surface area contributed by atoms with E-state index in [1.807, 2.05) is 11.8 Å². The average Bonchev–Trinajstić information content (AvgIpc) is 3.26. The van der Waals surface area contributed by atoms with E-state index in [-0.39, 0.29) is 23.9 Å². The van der Waals surface area contributed by atoms with E-state index in [1.54, 1.807) is 6.07 Å². The number of carbonyl (C=O) groups is 1. The number of amides is 1. The molecule has 1 aromatic carbocycles. The van der Waals surface area contributed by atoms with Crippen LogP contribution in [0.25, 0.3) is 0 Å². The summed E-state index contributed by atoms with van der Waals surface area (Å²) < 4.78 is 27.7. The second kappa shape index (κ2) is 6.12. The standard InChI is InChI=1S/C20H22F2N4O/c1-11-6-17(24-23-11)20(27)26-10-16(13-7-14(21)9-15(22)8-13)19-18(26)12-2-4-25(19)5-3-12/h6-9,12,16,18-19H,2-5,10H2,1H3,(H,23,24). The van der Waals surface area contributed by atoms with Crippen molar-refractivity contribution in [2.45, 2.75) is 37.8 Å². The molecule has 0 saturated carbocycles. The minimum atomic E-state index is -0.565. The van der Waals surface area contributed by atoms with E-state index < -0.39 is 11.6 Å². The highest BCUT2D eigenvalue weighted by Crippen LogP contribution is 2.47. The fourth-order valence-corrected chi connectivity index (χ4v) is 5.41. The highest BCUT2D eigenvalue weighted by molar-refractivity contribution is 5.93. The highest BCUT2D eigenvalue weighted by Gasteiger charge is 2.55. The molecule has 27 heavy (non-hydrogen) atoms. The third-order valence-corrected chi connectivity index (χ3v) is 6.49. The van der Waals surface area contributed by atoms with Crippen LogP contribution in [0, 0.1) is 24.5 Å². The Kier molecular flexibility index (Phi) is 3.82. The minimum Gasteiger partial charge on any atom is -0.332 e. The van der Waals surface area contributed by atoms with Crippen LogP contribution in [-0.4, -0.2) is 57.6 Å². The minimum absolute atomic E-state index is 0.0772. The predicted octanol–water partition coefficient (Wildman–Crippen LogP) is 2.70. The Labute approximate surface area is 156 Å². The van der Waals surface area contributed by atoms with E-state index >= 15 is 0 Å². The predicted molar refractivity (Wildman–Crippen MR) is 95.3 cm³/mol. The van der Waals surface area contributed by atoms with Crippen molar-refractivity contribution >= 4 is 5.91 Å². The van der Waals surface area contributed by atoms with Gasteiger partial charge in [-0.2, -0.15) is 5.10 Å². The third-order valence-electron chi connectivity index (χ3n) is 6.49. The maximum absolute atomic E-state index is 13.9. The topological polar surface area (TPSA) is 52.2 Å². The number of halogens is 2. The molecule has 6 rings (SSSR count). The van der Waals surface area contributed by atoms with Gasteiger partial charge < -0.3 is 4.90 Å². The lowest BCUT2D eigenvalue weighted by molar-refractivity contribution is -0.00361. The van der Waals surface area contributed by atoms with Gasteiger partial charge in [0.2, 0.25) is 0 Å². The first-order valence-electron chi connectivity index (χ1n) is 9.54. The van der Waals surface area contributed by atoms with Crippen molar-refractivity contribution in [3.8, 4) is 0 Å². The molecule has 142 valence electrons. The number of hydrogen-bond acceptors (Lipinski definition) is 3. The number of fused-ring (bicyclic) bond motifs is 2. The van der Waals surface area contributed by atoms with Gasteiger partial charge in [0.1, 0.15) is 17.3 Å². The molecule has 4 aliphatic rings. The Morgan fingerprint density at radius 1 is 1.11 bits per heavy atom. The average molecular weight is 372 g/mol. The normalized spacial score (nSPS) is 32.0. The van der Waals surface area contributed by atoms with E-state index in [9.17, 15) is 13.6 Å². The first-order valence-corrected chi connectivity index (χ1v) is 9.54. The molecule has 1 aromatic heterocycles. The summed E-state index contributed by atoms with van der Waals surface area (Å²) in [7, 11) is 0. The summed E-state index contributed by atoms with van der Waals surface area (Å²) >= 11 is 0. The number of aromatic nitrogens is 2.